The third-order valence-electron chi connectivity index (χ3n) is 2.42. The average Bonchev–Trinajstić information content (AvgIpc) is 2.49. The van der Waals surface area contributed by atoms with Crippen LogP contribution < -0.4 is 9.47 Å². The number of benzene rings is 1. The standard InChI is InChI=1S/C14H20O6/c1-4-8-18-9-10-19-20-14(15)11-6-5-7-12(16-2)13(11)17-3/h5-7H,4,8-10H2,1-3H3. The van der Waals surface area contributed by atoms with Gasteiger partial charge in [0, 0.05) is 6.61 Å². The molecule has 0 aliphatic heterocycles. The monoisotopic (exact) mass is 284 g/mol. The lowest BCUT2D eigenvalue weighted by atomic mass is 10.2. The van der Waals surface area contributed by atoms with Crippen molar-refractivity contribution < 1.29 is 28.8 Å². The van der Waals surface area contributed by atoms with Crippen molar-refractivity contribution >= 4 is 5.97 Å². The molecule has 0 heterocycles. The molecule has 20 heavy (non-hydrogen) atoms. The van der Waals surface area contributed by atoms with Gasteiger partial charge >= 0.3 is 5.97 Å². The third kappa shape index (κ3) is 4.71. The van der Waals surface area contributed by atoms with Crippen molar-refractivity contribution in [2.45, 2.75) is 13.3 Å². The lowest BCUT2D eigenvalue weighted by molar-refractivity contribution is -0.247. The second-order valence-corrected chi connectivity index (χ2v) is 3.85. The molecule has 1 aromatic carbocycles. The fraction of sp³-hybridized carbons (Fsp3) is 0.500. The van der Waals surface area contributed by atoms with E-state index in [9.17, 15) is 4.79 Å². The Labute approximate surface area is 118 Å². The van der Waals surface area contributed by atoms with Crippen LogP contribution in [0.15, 0.2) is 18.2 Å². The van der Waals surface area contributed by atoms with Crippen molar-refractivity contribution in [2.24, 2.45) is 0 Å². The van der Waals surface area contributed by atoms with Gasteiger partial charge in [0.15, 0.2) is 11.5 Å². The Morgan fingerprint density at radius 1 is 1.10 bits per heavy atom. The highest BCUT2D eigenvalue weighted by Crippen LogP contribution is 2.31. The molecule has 0 aliphatic rings. The summed E-state index contributed by atoms with van der Waals surface area (Å²) in [6.07, 6.45) is 0.931. The van der Waals surface area contributed by atoms with Gasteiger partial charge in [-0.3, -0.25) is 4.89 Å². The number of rotatable bonds is 9. The van der Waals surface area contributed by atoms with Crippen LogP contribution in [0.2, 0.25) is 0 Å². The second kappa shape index (κ2) is 9.17. The van der Waals surface area contributed by atoms with E-state index in [2.05, 4.69) is 0 Å². The Kier molecular flexibility index (Phi) is 7.46. The molecule has 0 atom stereocenters. The summed E-state index contributed by atoms with van der Waals surface area (Å²) in [5.41, 5.74) is 0.237. The molecule has 0 saturated heterocycles. The first-order chi connectivity index (χ1) is 9.74. The maximum absolute atomic E-state index is 11.9. The van der Waals surface area contributed by atoms with Gasteiger partial charge in [0.05, 0.1) is 20.8 Å². The third-order valence-corrected chi connectivity index (χ3v) is 2.42. The van der Waals surface area contributed by atoms with E-state index in [-0.39, 0.29) is 12.2 Å². The van der Waals surface area contributed by atoms with Gasteiger partial charge in [0.2, 0.25) is 0 Å². The molecule has 6 nitrogen and oxygen atoms in total. The van der Waals surface area contributed by atoms with E-state index >= 15 is 0 Å². The van der Waals surface area contributed by atoms with Crippen molar-refractivity contribution in [3.8, 4) is 11.5 Å². The molecule has 0 spiro atoms. The quantitative estimate of drug-likeness (QED) is 0.393. The van der Waals surface area contributed by atoms with Gasteiger partial charge in [-0.15, -0.1) is 0 Å². The van der Waals surface area contributed by atoms with Gasteiger partial charge in [-0.1, -0.05) is 13.0 Å². The predicted octanol–water partition coefficient (Wildman–Crippen LogP) is 2.22. The predicted molar refractivity (Wildman–Crippen MR) is 72.0 cm³/mol. The first-order valence-electron chi connectivity index (χ1n) is 6.37. The Balaban J connectivity index is 2.51. The highest BCUT2D eigenvalue weighted by molar-refractivity contribution is 5.93. The number of ether oxygens (including phenoxy) is 3. The summed E-state index contributed by atoms with van der Waals surface area (Å²) in [6.45, 7) is 3.21. The van der Waals surface area contributed by atoms with Crippen LogP contribution in [0.4, 0.5) is 0 Å². The van der Waals surface area contributed by atoms with E-state index in [1.165, 1.54) is 14.2 Å². The number of carbonyl (C=O) groups is 1. The molecular weight excluding hydrogens is 264 g/mol. The molecule has 0 saturated carbocycles. The first-order valence-corrected chi connectivity index (χ1v) is 6.37. The zero-order valence-corrected chi connectivity index (χ0v) is 12.0. The van der Waals surface area contributed by atoms with Gasteiger partial charge in [-0.25, -0.2) is 4.79 Å². The normalized spacial score (nSPS) is 10.2. The molecule has 6 heteroatoms. The van der Waals surface area contributed by atoms with E-state index in [0.717, 1.165) is 6.42 Å². The highest BCUT2D eigenvalue weighted by Gasteiger charge is 2.18. The van der Waals surface area contributed by atoms with Crippen LogP contribution in [0.3, 0.4) is 0 Å². The van der Waals surface area contributed by atoms with E-state index < -0.39 is 5.97 Å². The molecule has 0 amide bonds. The van der Waals surface area contributed by atoms with Crippen LogP contribution in [-0.4, -0.2) is 40.0 Å². The van der Waals surface area contributed by atoms with Gasteiger partial charge in [-0.05, 0) is 18.6 Å². The Morgan fingerprint density at radius 2 is 1.90 bits per heavy atom. The van der Waals surface area contributed by atoms with Crippen molar-refractivity contribution in [3.63, 3.8) is 0 Å². The molecule has 0 aromatic heterocycles. The zero-order valence-electron chi connectivity index (χ0n) is 12.0. The molecule has 0 N–H and O–H groups in total. The van der Waals surface area contributed by atoms with Crippen LogP contribution >= 0.6 is 0 Å². The summed E-state index contributed by atoms with van der Waals surface area (Å²) >= 11 is 0. The van der Waals surface area contributed by atoms with Gasteiger partial charge in [0.1, 0.15) is 12.2 Å². The summed E-state index contributed by atoms with van der Waals surface area (Å²) in [7, 11) is 2.95. The van der Waals surface area contributed by atoms with E-state index in [4.69, 9.17) is 24.0 Å². The molecular formula is C14H20O6. The van der Waals surface area contributed by atoms with Crippen molar-refractivity contribution in [1.82, 2.24) is 0 Å². The largest absolute Gasteiger partial charge is 0.493 e. The number of carbonyl (C=O) groups excluding carboxylic acids is 1. The fourth-order valence-corrected chi connectivity index (χ4v) is 1.53. The van der Waals surface area contributed by atoms with Gasteiger partial charge in [0.25, 0.3) is 0 Å². The topological polar surface area (TPSA) is 63.2 Å². The lowest BCUT2D eigenvalue weighted by Gasteiger charge is -2.11. The first kappa shape index (κ1) is 16.3. The minimum atomic E-state index is -0.642. The minimum absolute atomic E-state index is 0.179. The Hall–Kier alpha value is -1.79. The SMILES string of the molecule is CCCOCCOOC(=O)c1cccc(OC)c1OC. The Bertz CT molecular complexity index is 418. The van der Waals surface area contributed by atoms with E-state index in [1.54, 1.807) is 18.2 Å². The maximum atomic E-state index is 11.9. The van der Waals surface area contributed by atoms with Crippen LogP contribution in [0.25, 0.3) is 0 Å². The van der Waals surface area contributed by atoms with Crippen LogP contribution in [-0.2, 0) is 14.5 Å². The van der Waals surface area contributed by atoms with E-state index in [0.29, 0.717) is 24.7 Å². The fourth-order valence-electron chi connectivity index (χ4n) is 1.53. The molecule has 0 bridgehead atoms. The van der Waals surface area contributed by atoms with Crippen molar-refractivity contribution in [2.75, 3.05) is 34.0 Å². The number of methoxy groups -OCH3 is 2. The lowest BCUT2D eigenvalue weighted by Crippen LogP contribution is -2.11. The number of hydrogen-bond donors (Lipinski definition) is 0. The Morgan fingerprint density at radius 3 is 2.55 bits per heavy atom. The summed E-state index contributed by atoms with van der Waals surface area (Å²) < 4.78 is 15.4. The maximum Gasteiger partial charge on any atom is 0.376 e. The smallest absolute Gasteiger partial charge is 0.376 e. The molecule has 0 fully saturated rings. The summed E-state index contributed by atoms with van der Waals surface area (Å²) in [4.78, 5) is 21.4. The van der Waals surface area contributed by atoms with Crippen molar-refractivity contribution in [1.29, 1.82) is 0 Å². The van der Waals surface area contributed by atoms with Crippen LogP contribution in [0.5, 0.6) is 11.5 Å². The second-order valence-electron chi connectivity index (χ2n) is 3.85. The van der Waals surface area contributed by atoms with Crippen LogP contribution in [0.1, 0.15) is 23.7 Å². The zero-order chi connectivity index (χ0) is 14.8. The van der Waals surface area contributed by atoms with Crippen molar-refractivity contribution in [3.05, 3.63) is 23.8 Å². The number of para-hydroxylation sites is 1. The highest BCUT2D eigenvalue weighted by atomic mass is 17.2. The van der Waals surface area contributed by atoms with Gasteiger partial charge in [-0.2, -0.15) is 4.89 Å². The van der Waals surface area contributed by atoms with Gasteiger partial charge < -0.3 is 14.2 Å². The molecule has 0 unspecified atom stereocenters. The molecule has 112 valence electrons. The molecule has 1 aromatic rings. The molecule has 0 aliphatic carbocycles. The minimum Gasteiger partial charge on any atom is -0.493 e. The molecule has 1 rings (SSSR count). The summed E-state index contributed by atoms with van der Waals surface area (Å²) in [5, 5.41) is 0. The van der Waals surface area contributed by atoms with Crippen LogP contribution in [0, 0.1) is 0 Å². The molecule has 0 radical (unpaired) electrons. The van der Waals surface area contributed by atoms with E-state index in [1.807, 2.05) is 6.92 Å². The summed E-state index contributed by atoms with van der Waals surface area (Å²) in [5.74, 6) is 0.121. The average molecular weight is 284 g/mol. The summed E-state index contributed by atoms with van der Waals surface area (Å²) in [6, 6.07) is 4.93. The number of hydrogen-bond acceptors (Lipinski definition) is 6.